The second kappa shape index (κ2) is 8.40. The molecule has 1 amide bonds. The van der Waals surface area contributed by atoms with Gasteiger partial charge in [0.15, 0.2) is 5.11 Å². The molecule has 0 saturated heterocycles. The molecule has 2 rings (SSSR count). The third-order valence-electron chi connectivity index (χ3n) is 3.62. The van der Waals surface area contributed by atoms with E-state index in [1.54, 1.807) is 12.1 Å². The van der Waals surface area contributed by atoms with Crippen molar-refractivity contribution in [3.05, 3.63) is 70.5 Å². The van der Waals surface area contributed by atoms with Gasteiger partial charge in [0.2, 0.25) is 5.91 Å². The van der Waals surface area contributed by atoms with E-state index >= 15 is 0 Å². The molecule has 24 heavy (non-hydrogen) atoms. The van der Waals surface area contributed by atoms with Crippen LogP contribution in [0.15, 0.2) is 42.5 Å². The van der Waals surface area contributed by atoms with Crippen molar-refractivity contribution in [1.82, 2.24) is 16.2 Å². The van der Waals surface area contributed by atoms with E-state index in [-0.39, 0.29) is 18.1 Å². The van der Waals surface area contributed by atoms with Gasteiger partial charge in [-0.05, 0) is 60.5 Å². The Balaban J connectivity index is 1.73. The van der Waals surface area contributed by atoms with Crippen LogP contribution in [0, 0.1) is 19.7 Å². The summed E-state index contributed by atoms with van der Waals surface area (Å²) < 4.78 is 12.8. The molecule has 0 aromatic heterocycles. The van der Waals surface area contributed by atoms with Gasteiger partial charge in [-0.3, -0.25) is 15.6 Å². The fourth-order valence-electron chi connectivity index (χ4n) is 2.10. The summed E-state index contributed by atoms with van der Waals surface area (Å²) in [5.41, 5.74) is 9.41. The van der Waals surface area contributed by atoms with Crippen LogP contribution >= 0.6 is 12.2 Å². The van der Waals surface area contributed by atoms with Crippen LogP contribution in [0.5, 0.6) is 0 Å². The zero-order valence-electron chi connectivity index (χ0n) is 13.7. The lowest BCUT2D eigenvalue weighted by Crippen LogP contribution is -2.47. The Morgan fingerprint density at radius 2 is 1.67 bits per heavy atom. The number of hydrogen-bond donors (Lipinski definition) is 3. The lowest BCUT2D eigenvalue weighted by atomic mass is 10.0. The number of aryl methyl sites for hydroxylation is 2. The van der Waals surface area contributed by atoms with Crippen LogP contribution in [0.1, 0.15) is 22.3 Å². The molecule has 0 saturated carbocycles. The van der Waals surface area contributed by atoms with Gasteiger partial charge in [-0.2, -0.15) is 0 Å². The second-order valence-electron chi connectivity index (χ2n) is 5.58. The highest BCUT2D eigenvalue weighted by atomic mass is 32.1. The number of hydrogen-bond acceptors (Lipinski definition) is 2. The van der Waals surface area contributed by atoms with Crippen molar-refractivity contribution in [3.8, 4) is 0 Å². The van der Waals surface area contributed by atoms with E-state index in [0.29, 0.717) is 11.7 Å². The number of hydrazine groups is 1. The van der Waals surface area contributed by atoms with Crippen LogP contribution < -0.4 is 16.2 Å². The van der Waals surface area contributed by atoms with Crippen molar-refractivity contribution in [2.45, 2.75) is 26.8 Å². The van der Waals surface area contributed by atoms with Crippen molar-refractivity contribution in [3.63, 3.8) is 0 Å². The summed E-state index contributed by atoms with van der Waals surface area (Å²) in [5, 5.41) is 3.24. The molecule has 6 heteroatoms. The summed E-state index contributed by atoms with van der Waals surface area (Å²) in [6, 6.07) is 12.1. The summed E-state index contributed by atoms with van der Waals surface area (Å²) in [7, 11) is 0. The van der Waals surface area contributed by atoms with Gasteiger partial charge in [-0.15, -0.1) is 0 Å². The number of amides is 1. The number of thiocarbonyl (C=S) groups is 1. The average Bonchev–Trinajstić information content (AvgIpc) is 2.56. The van der Waals surface area contributed by atoms with E-state index in [4.69, 9.17) is 12.2 Å². The van der Waals surface area contributed by atoms with Crippen LogP contribution in [-0.4, -0.2) is 11.0 Å². The number of halogens is 1. The van der Waals surface area contributed by atoms with Crippen LogP contribution in [0.2, 0.25) is 0 Å². The summed E-state index contributed by atoms with van der Waals surface area (Å²) in [5.74, 6) is -0.456. The van der Waals surface area contributed by atoms with Gasteiger partial charge >= 0.3 is 0 Å². The molecular weight excluding hydrogens is 325 g/mol. The first kappa shape index (κ1) is 17.9. The quantitative estimate of drug-likeness (QED) is 0.589. The molecule has 4 nitrogen and oxygen atoms in total. The van der Waals surface area contributed by atoms with E-state index in [9.17, 15) is 9.18 Å². The van der Waals surface area contributed by atoms with Gasteiger partial charge in [0.05, 0.1) is 6.42 Å². The molecule has 0 bridgehead atoms. The molecule has 0 atom stereocenters. The Kier molecular flexibility index (Phi) is 6.26. The Hall–Kier alpha value is -2.47. The molecule has 126 valence electrons. The fourth-order valence-corrected chi connectivity index (χ4v) is 2.22. The molecule has 0 aliphatic carbocycles. The minimum absolute atomic E-state index is 0.177. The fraction of sp³-hybridized carbons (Fsp3) is 0.222. The normalized spacial score (nSPS) is 10.1. The molecule has 0 spiro atoms. The molecule has 0 fully saturated rings. The van der Waals surface area contributed by atoms with E-state index in [0.717, 1.165) is 16.7 Å². The van der Waals surface area contributed by atoms with Crippen LogP contribution in [0.25, 0.3) is 0 Å². The first-order chi connectivity index (χ1) is 11.4. The lowest BCUT2D eigenvalue weighted by Gasteiger charge is -2.12. The maximum Gasteiger partial charge on any atom is 0.242 e. The molecule has 0 unspecified atom stereocenters. The van der Waals surface area contributed by atoms with Crippen LogP contribution in [-0.2, 0) is 17.8 Å². The van der Waals surface area contributed by atoms with Crippen molar-refractivity contribution < 1.29 is 9.18 Å². The molecule has 0 aliphatic heterocycles. The van der Waals surface area contributed by atoms with Gasteiger partial charge < -0.3 is 5.32 Å². The Labute approximate surface area is 146 Å². The Bertz CT molecular complexity index is 732. The lowest BCUT2D eigenvalue weighted by molar-refractivity contribution is -0.121. The molecule has 0 heterocycles. The number of nitrogens with one attached hydrogen (secondary N) is 3. The highest BCUT2D eigenvalue weighted by Crippen LogP contribution is 2.10. The number of carbonyl (C=O) groups excluding carboxylic acids is 1. The predicted octanol–water partition coefficient (Wildman–Crippen LogP) is 2.68. The Morgan fingerprint density at radius 3 is 2.33 bits per heavy atom. The standard InChI is InChI=1S/C18H20FN3OS/c1-12-3-4-15(9-13(12)2)10-17(23)21-22-18(24)20-11-14-5-7-16(19)8-6-14/h3-9H,10-11H2,1-2H3,(H,21,23)(H2,20,22,24). The maximum absolute atomic E-state index is 12.8. The predicted molar refractivity (Wildman–Crippen MR) is 96.7 cm³/mol. The van der Waals surface area contributed by atoms with Gasteiger partial charge in [0.25, 0.3) is 0 Å². The second-order valence-corrected chi connectivity index (χ2v) is 5.99. The first-order valence-electron chi connectivity index (χ1n) is 7.57. The third-order valence-corrected chi connectivity index (χ3v) is 3.86. The molecule has 0 aliphatic rings. The molecule has 2 aromatic rings. The smallest absolute Gasteiger partial charge is 0.242 e. The van der Waals surface area contributed by atoms with Gasteiger partial charge in [-0.25, -0.2) is 4.39 Å². The van der Waals surface area contributed by atoms with Crippen molar-refractivity contribution in [2.24, 2.45) is 0 Å². The largest absolute Gasteiger partial charge is 0.357 e. The van der Waals surface area contributed by atoms with E-state index in [1.807, 2.05) is 32.0 Å². The van der Waals surface area contributed by atoms with Gasteiger partial charge in [-0.1, -0.05) is 30.3 Å². The SMILES string of the molecule is Cc1ccc(CC(=O)NNC(=S)NCc2ccc(F)cc2)cc1C. The highest BCUT2D eigenvalue weighted by molar-refractivity contribution is 7.80. The van der Waals surface area contributed by atoms with Crippen molar-refractivity contribution in [2.75, 3.05) is 0 Å². The van der Waals surface area contributed by atoms with Crippen molar-refractivity contribution in [1.29, 1.82) is 0 Å². The molecule has 2 aromatic carbocycles. The first-order valence-corrected chi connectivity index (χ1v) is 7.98. The van der Waals surface area contributed by atoms with Gasteiger partial charge in [0, 0.05) is 6.54 Å². The van der Waals surface area contributed by atoms with Gasteiger partial charge in [0.1, 0.15) is 5.82 Å². The number of rotatable bonds is 4. The maximum atomic E-state index is 12.8. The number of benzene rings is 2. The van der Waals surface area contributed by atoms with Crippen LogP contribution in [0.4, 0.5) is 4.39 Å². The van der Waals surface area contributed by atoms with E-state index in [1.165, 1.54) is 17.7 Å². The van der Waals surface area contributed by atoms with E-state index < -0.39 is 0 Å². The Morgan fingerprint density at radius 1 is 1.00 bits per heavy atom. The zero-order chi connectivity index (χ0) is 17.5. The molecule has 0 radical (unpaired) electrons. The molecular formula is C18H20FN3OS. The zero-order valence-corrected chi connectivity index (χ0v) is 14.5. The minimum atomic E-state index is -0.280. The number of carbonyl (C=O) groups is 1. The van der Waals surface area contributed by atoms with Crippen LogP contribution in [0.3, 0.4) is 0 Å². The summed E-state index contributed by atoms with van der Waals surface area (Å²) >= 11 is 5.09. The minimum Gasteiger partial charge on any atom is -0.357 e. The summed E-state index contributed by atoms with van der Waals surface area (Å²) in [4.78, 5) is 11.9. The topological polar surface area (TPSA) is 53.2 Å². The highest BCUT2D eigenvalue weighted by Gasteiger charge is 2.05. The van der Waals surface area contributed by atoms with Crippen molar-refractivity contribution >= 4 is 23.2 Å². The molecule has 3 N–H and O–H groups in total. The third kappa shape index (κ3) is 5.62. The monoisotopic (exact) mass is 345 g/mol. The van der Waals surface area contributed by atoms with E-state index in [2.05, 4.69) is 16.2 Å². The summed E-state index contributed by atoms with van der Waals surface area (Å²) in [6.45, 7) is 4.49. The average molecular weight is 345 g/mol. The summed E-state index contributed by atoms with van der Waals surface area (Å²) in [6.07, 6.45) is 0.273.